The van der Waals surface area contributed by atoms with Gasteiger partial charge in [0.2, 0.25) is 0 Å². The normalized spacial score (nSPS) is 15.0. The molecule has 0 fully saturated rings. The van der Waals surface area contributed by atoms with Gasteiger partial charge < -0.3 is 13.9 Å². The van der Waals surface area contributed by atoms with Crippen LogP contribution >= 0.6 is 7.60 Å². The molecular formula is C30H63NO3P+. The second-order valence-corrected chi connectivity index (χ2v) is 13.5. The molecule has 0 amide bonds. The van der Waals surface area contributed by atoms with Crippen LogP contribution in [-0.4, -0.2) is 42.9 Å². The standard InChI is InChI=1S/C30H62NO3P/c1-6-8-9-10-11-12-13-14-15-16-17-18-19-20-21-22-23-24-25-26-27-29-34-35(32,33)30(28-7-2)31(3,4)5/h11-12,30H,6-10,13-29H2,1-5H3/p+1. The van der Waals surface area contributed by atoms with Crippen LogP contribution in [0.15, 0.2) is 12.2 Å². The first-order valence-electron chi connectivity index (χ1n) is 15.2. The van der Waals surface area contributed by atoms with Crippen molar-refractivity contribution < 1.29 is 18.5 Å². The lowest BCUT2D eigenvalue weighted by molar-refractivity contribution is -0.883. The van der Waals surface area contributed by atoms with E-state index in [0.717, 1.165) is 19.3 Å². The van der Waals surface area contributed by atoms with Crippen LogP contribution in [0.5, 0.6) is 0 Å². The summed E-state index contributed by atoms with van der Waals surface area (Å²) < 4.78 is 18.6. The highest BCUT2D eigenvalue weighted by atomic mass is 31.2. The van der Waals surface area contributed by atoms with E-state index >= 15 is 0 Å². The fourth-order valence-electron chi connectivity index (χ4n) is 4.76. The molecule has 0 aliphatic rings. The third-order valence-corrected chi connectivity index (χ3v) is 9.26. The van der Waals surface area contributed by atoms with Crippen molar-refractivity contribution in [2.45, 2.75) is 154 Å². The summed E-state index contributed by atoms with van der Waals surface area (Å²) in [5.74, 6) is -0.333. The highest BCUT2D eigenvalue weighted by Gasteiger charge is 2.41. The molecule has 2 atom stereocenters. The number of hydrogen-bond donors (Lipinski definition) is 1. The molecule has 0 aromatic carbocycles. The van der Waals surface area contributed by atoms with Crippen LogP contribution in [-0.2, 0) is 9.09 Å². The van der Waals surface area contributed by atoms with E-state index in [4.69, 9.17) is 4.52 Å². The molecule has 0 saturated carbocycles. The molecular weight excluding hydrogens is 453 g/mol. The van der Waals surface area contributed by atoms with Crippen LogP contribution in [0.4, 0.5) is 0 Å². The molecule has 2 unspecified atom stereocenters. The Morgan fingerprint density at radius 1 is 0.657 bits per heavy atom. The van der Waals surface area contributed by atoms with Crippen LogP contribution in [0.1, 0.15) is 149 Å². The molecule has 0 spiro atoms. The molecule has 1 N–H and O–H groups in total. The lowest BCUT2D eigenvalue weighted by Crippen LogP contribution is -2.45. The minimum Gasteiger partial charge on any atom is -0.320 e. The topological polar surface area (TPSA) is 46.5 Å². The van der Waals surface area contributed by atoms with E-state index in [1.54, 1.807) is 0 Å². The highest BCUT2D eigenvalue weighted by Crippen LogP contribution is 2.51. The van der Waals surface area contributed by atoms with E-state index in [-0.39, 0.29) is 5.78 Å². The summed E-state index contributed by atoms with van der Waals surface area (Å²) in [5.41, 5.74) is 0. The van der Waals surface area contributed by atoms with Gasteiger partial charge in [0.05, 0.1) is 27.7 Å². The van der Waals surface area contributed by atoms with Crippen molar-refractivity contribution in [2.75, 3.05) is 27.7 Å². The Labute approximate surface area is 220 Å². The smallest absolute Gasteiger partial charge is 0.320 e. The van der Waals surface area contributed by atoms with Crippen molar-refractivity contribution in [3.8, 4) is 0 Å². The Morgan fingerprint density at radius 3 is 1.46 bits per heavy atom. The van der Waals surface area contributed by atoms with Crippen molar-refractivity contribution >= 4 is 7.60 Å². The average molecular weight is 517 g/mol. The van der Waals surface area contributed by atoms with Gasteiger partial charge in [0.1, 0.15) is 0 Å². The Kier molecular flexibility index (Phi) is 22.9. The number of hydrogen-bond acceptors (Lipinski definition) is 2. The summed E-state index contributed by atoms with van der Waals surface area (Å²) in [7, 11) is 2.36. The molecule has 35 heavy (non-hydrogen) atoms. The van der Waals surface area contributed by atoms with Crippen molar-refractivity contribution in [2.24, 2.45) is 0 Å². The molecule has 5 heteroatoms. The van der Waals surface area contributed by atoms with E-state index in [1.807, 2.05) is 21.1 Å². The largest absolute Gasteiger partial charge is 0.385 e. The van der Waals surface area contributed by atoms with E-state index in [2.05, 4.69) is 26.0 Å². The van der Waals surface area contributed by atoms with E-state index in [0.29, 0.717) is 17.5 Å². The quantitative estimate of drug-likeness (QED) is 0.0538. The van der Waals surface area contributed by atoms with Gasteiger partial charge >= 0.3 is 7.60 Å². The van der Waals surface area contributed by atoms with E-state index < -0.39 is 7.60 Å². The molecule has 0 aliphatic carbocycles. The Hall–Kier alpha value is -0.150. The van der Waals surface area contributed by atoms with Gasteiger partial charge in [-0.1, -0.05) is 116 Å². The summed E-state index contributed by atoms with van der Waals surface area (Å²) in [6, 6.07) is 0. The summed E-state index contributed by atoms with van der Waals surface area (Å²) in [4.78, 5) is 10.4. The third-order valence-electron chi connectivity index (χ3n) is 7.00. The van der Waals surface area contributed by atoms with Crippen LogP contribution in [0, 0.1) is 0 Å². The van der Waals surface area contributed by atoms with Gasteiger partial charge in [-0.2, -0.15) is 0 Å². The van der Waals surface area contributed by atoms with Gasteiger partial charge in [0, 0.05) is 6.42 Å². The zero-order valence-electron chi connectivity index (χ0n) is 24.4. The summed E-state index contributed by atoms with van der Waals surface area (Å²) in [5, 5.41) is 0. The van der Waals surface area contributed by atoms with Crippen LogP contribution in [0.2, 0.25) is 0 Å². The lowest BCUT2D eigenvalue weighted by atomic mass is 10.0. The first-order chi connectivity index (χ1) is 16.8. The molecule has 0 aromatic rings. The minimum absolute atomic E-state index is 0.333. The number of nitrogens with zero attached hydrogens (tertiary/aromatic N) is 1. The van der Waals surface area contributed by atoms with Gasteiger partial charge in [0.15, 0.2) is 5.78 Å². The Bertz CT molecular complexity index is 530. The van der Waals surface area contributed by atoms with Crippen LogP contribution < -0.4 is 0 Å². The molecule has 0 heterocycles. The maximum Gasteiger partial charge on any atom is 0.385 e. The Balaban J connectivity index is 3.44. The molecule has 0 radical (unpaired) electrons. The predicted molar refractivity (Wildman–Crippen MR) is 155 cm³/mol. The molecule has 4 nitrogen and oxygen atoms in total. The van der Waals surface area contributed by atoms with Gasteiger partial charge in [0.25, 0.3) is 0 Å². The second-order valence-electron chi connectivity index (χ2n) is 11.5. The highest BCUT2D eigenvalue weighted by molar-refractivity contribution is 7.53. The van der Waals surface area contributed by atoms with E-state index in [9.17, 15) is 9.46 Å². The number of allylic oxidation sites excluding steroid dienone is 2. The van der Waals surface area contributed by atoms with Gasteiger partial charge in [-0.25, -0.2) is 0 Å². The molecule has 0 bridgehead atoms. The number of unbranched alkanes of at least 4 members (excludes halogenated alkanes) is 17. The first kappa shape index (κ1) is 34.9. The molecule has 0 rings (SSSR count). The molecule has 0 aromatic heterocycles. The monoisotopic (exact) mass is 516 g/mol. The van der Waals surface area contributed by atoms with Gasteiger partial charge in [-0.3, -0.25) is 4.57 Å². The SMILES string of the molecule is CCCCCC=CCCCCCCCCCCCCCCCCOP(=O)(O)C(CCC)[N+](C)(C)C. The third kappa shape index (κ3) is 21.6. The van der Waals surface area contributed by atoms with Crippen molar-refractivity contribution in [1.82, 2.24) is 0 Å². The predicted octanol–water partition coefficient (Wildman–Crippen LogP) is 10.0. The van der Waals surface area contributed by atoms with Crippen molar-refractivity contribution in [3.05, 3.63) is 12.2 Å². The van der Waals surface area contributed by atoms with Crippen molar-refractivity contribution in [1.29, 1.82) is 0 Å². The fourth-order valence-corrected chi connectivity index (χ4v) is 6.78. The zero-order valence-corrected chi connectivity index (χ0v) is 25.3. The molecule has 0 aliphatic heterocycles. The average Bonchev–Trinajstić information content (AvgIpc) is 2.80. The number of rotatable bonds is 26. The second kappa shape index (κ2) is 23.0. The van der Waals surface area contributed by atoms with E-state index in [1.165, 1.54) is 109 Å². The van der Waals surface area contributed by atoms with Crippen LogP contribution in [0.3, 0.4) is 0 Å². The summed E-state index contributed by atoms with van der Waals surface area (Å²) >= 11 is 0. The summed E-state index contributed by atoms with van der Waals surface area (Å²) in [6.45, 7) is 4.73. The van der Waals surface area contributed by atoms with Gasteiger partial charge in [-0.15, -0.1) is 0 Å². The maximum absolute atomic E-state index is 12.7. The minimum atomic E-state index is -3.57. The van der Waals surface area contributed by atoms with Gasteiger partial charge in [-0.05, 0) is 38.5 Å². The lowest BCUT2D eigenvalue weighted by Gasteiger charge is -2.35. The zero-order chi connectivity index (χ0) is 26.3. The maximum atomic E-state index is 12.7. The number of quaternary nitrogens is 1. The molecule has 210 valence electrons. The first-order valence-corrected chi connectivity index (χ1v) is 16.8. The fraction of sp³-hybridized carbons (Fsp3) is 0.933. The van der Waals surface area contributed by atoms with Crippen LogP contribution in [0.25, 0.3) is 0 Å². The summed E-state index contributed by atoms with van der Waals surface area (Å²) in [6.07, 6.45) is 31.3. The van der Waals surface area contributed by atoms with Crippen molar-refractivity contribution in [3.63, 3.8) is 0 Å². The Morgan fingerprint density at radius 2 is 1.06 bits per heavy atom. The molecule has 0 saturated heterocycles.